The maximum atomic E-state index is 2.30. The van der Waals surface area contributed by atoms with Gasteiger partial charge in [0.05, 0.1) is 0 Å². The fraction of sp³-hybridized carbons (Fsp3) is 1.00. The van der Waals surface area contributed by atoms with E-state index in [-0.39, 0.29) is 0 Å². The Hall–Kier alpha value is 0. The lowest BCUT2D eigenvalue weighted by Crippen LogP contribution is -1.91. The predicted octanol–water partition coefficient (Wildman–Crippen LogP) is 4.74. The van der Waals surface area contributed by atoms with Crippen molar-refractivity contribution in [2.75, 3.05) is 0 Å². The van der Waals surface area contributed by atoms with Gasteiger partial charge in [0, 0.05) is 0 Å². The lowest BCUT2D eigenvalue weighted by molar-refractivity contribution is 0.476. The Kier molecular flexibility index (Phi) is 6.45. The first kappa shape index (κ1) is 13.0. The van der Waals surface area contributed by atoms with E-state index in [1.165, 1.54) is 19.3 Å². The normalized spacial score (nSPS) is 25.8. The largest absolute Gasteiger partial charge is 0.0628 e. The molecule has 0 saturated heterocycles. The van der Waals surface area contributed by atoms with Crippen molar-refractivity contribution in [1.29, 1.82) is 0 Å². The smallest absolute Gasteiger partial charge is 0.0414 e. The fourth-order valence-corrected chi connectivity index (χ4v) is 1.17. The number of hydrogen-bond donors (Lipinski definition) is 0. The summed E-state index contributed by atoms with van der Waals surface area (Å²) in [6.45, 7) is 13.7. The first-order chi connectivity index (χ1) is 5.93. The third-order valence-corrected chi connectivity index (χ3v) is 2.83. The van der Waals surface area contributed by atoms with Gasteiger partial charge >= 0.3 is 0 Å². The molecule has 0 aliphatic heterocycles. The Labute approximate surface area is 85.1 Å². The van der Waals surface area contributed by atoms with Crippen molar-refractivity contribution in [2.24, 2.45) is 23.7 Å². The molecule has 0 aromatic heterocycles. The molecule has 0 N–H and O–H groups in total. The van der Waals surface area contributed by atoms with E-state index in [2.05, 4.69) is 41.5 Å². The van der Waals surface area contributed by atoms with E-state index in [1.807, 2.05) is 0 Å². The zero-order valence-corrected chi connectivity index (χ0v) is 10.4. The van der Waals surface area contributed by atoms with Crippen LogP contribution in [0.15, 0.2) is 0 Å². The van der Waals surface area contributed by atoms with E-state index < -0.39 is 0 Å². The van der Waals surface area contributed by atoms with Crippen molar-refractivity contribution >= 4 is 0 Å². The van der Waals surface area contributed by atoms with E-state index in [0.717, 1.165) is 23.7 Å². The fourth-order valence-electron chi connectivity index (χ4n) is 1.17. The lowest BCUT2D eigenvalue weighted by Gasteiger charge is -2.05. The molecule has 2 atom stereocenters. The summed E-state index contributed by atoms with van der Waals surface area (Å²) in [5, 5.41) is 0. The van der Waals surface area contributed by atoms with Gasteiger partial charge in [0.15, 0.2) is 0 Å². The van der Waals surface area contributed by atoms with Crippen LogP contribution in [0.4, 0.5) is 0 Å². The summed E-state index contributed by atoms with van der Waals surface area (Å²) in [4.78, 5) is 0. The van der Waals surface area contributed by atoms with Crippen molar-refractivity contribution < 1.29 is 0 Å². The molecule has 80 valence electrons. The van der Waals surface area contributed by atoms with Crippen LogP contribution in [0, 0.1) is 23.7 Å². The highest BCUT2D eigenvalue weighted by atomic mass is 14.3. The Bertz CT molecular complexity index is 99.2. The summed E-state index contributed by atoms with van der Waals surface area (Å²) in [6.07, 6.45) is 4.25. The van der Waals surface area contributed by atoms with Crippen LogP contribution in [0.5, 0.6) is 0 Å². The van der Waals surface area contributed by atoms with Crippen molar-refractivity contribution in [1.82, 2.24) is 0 Å². The molecule has 0 heteroatoms. The minimum absolute atomic E-state index is 0.886. The first-order valence-electron chi connectivity index (χ1n) is 5.93. The third-order valence-electron chi connectivity index (χ3n) is 2.83. The van der Waals surface area contributed by atoms with Gasteiger partial charge in [-0.25, -0.2) is 0 Å². The molecule has 1 fully saturated rings. The molecule has 1 rings (SSSR count). The molecule has 2 unspecified atom stereocenters. The minimum Gasteiger partial charge on any atom is -0.0628 e. The maximum Gasteiger partial charge on any atom is -0.0414 e. The topological polar surface area (TPSA) is 0 Å². The van der Waals surface area contributed by atoms with Gasteiger partial charge in [0.2, 0.25) is 0 Å². The van der Waals surface area contributed by atoms with Crippen molar-refractivity contribution in [3.63, 3.8) is 0 Å². The van der Waals surface area contributed by atoms with E-state index in [4.69, 9.17) is 0 Å². The van der Waals surface area contributed by atoms with Crippen LogP contribution in [0.2, 0.25) is 0 Å². The Balaban J connectivity index is 0.000000243. The highest BCUT2D eigenvalue weighted by Gasteiger charge is 2.26. The van der Waals surface area contributed by atoms with Gasteiger partial charge in [0.1, 0.15) is 0 Å². The molecule has 13 heavy (non-hydrogen) atoms. The van der Waals surface area contributed by atoms with E-state index >= 15 is 0 Å². The molecule has 0 heterocycles. The molecule has 1 aliphatic carbocycles. The summed E-state index contributed by atoms with van der Waals surface area (Å²) >= 11 is 0. The second-order valence-corrected chi connectivity index (χ2v) is 5.56. The second kappa shape index (κ2) is 6.45. The standard InChI is InChI=1S/C8H18.C5H10/c1-7(2)5-6-8(3)4;1-4-3-5(4)2/h7-8H,5-6H2,1-4H3;4-5H,3H2,1-2H3. The zero-order chi connectivity index (χ0) is 10.4. The quantitative estimate of drug-likeness (QED) is 0.594. The molecular formula is C13H28. The average Bonchev–Trinajstić information content (AvgIpc) is 2.62. The van der Waals surface area contributed by atoms with Gasteiger partial charge in [0.25, 0.3) is 0 Å². The van der Waals surface area contributed by atoms with E-state index in [9.17, 15) is 0 Å². The van der Waals surface area contributed by atoms with E-state index in [0.29, 0.717) is 0 Å². The molecular weight excluding hydrogens is 156 g/mol. The number of rotatable bonds is 3. The Morgan fingerprint density at radius 1 is 0.846 bits per heavy atom. The summed E-state index contributed by atoms with van der Waals surface area (Å²) < 4.78 is 0. The molecule has 1 aliphatic rings. The van der Waals surface area contributed by atoms with Crippen LogP contribution < -0.4 is 0 Å². The van der Waals surface area contributed by atoms with Crippen molar-refractivity contribution in [3.05, 3.63) is 0 Å². The predicted molar refractivity (Wildman–Crippen MR) is 61.9 cm³/mol. The van der Waals surface area contributed by atoms with Crippen LogP contribution in [0.1, 0.15) is 60.8 Å². The van der Waals surface area contributed by atoms with Gasteiger partial charge in [-0.2, -0.15) is 0 Å². The second-order valence-electron chi connectivity index (χ2n) is 5.56. The third kappa shape index (κ3) is 9.92. The summed E-state index contributed by atoms with van der Waals surface area (Å²) in [5.41, 5.74) is 0. The molecule has 0 aromatic carbocycles. The zero-order valence-electron chi connectivity index (χ0n) is 10.4. The summed E-state index contributed by atoms with van der Waals surface area (Å²) in [5.74, 6) is 3.87. The molecule has 0 bridgehead atoms. The van der Waals surface area contributed by atoms with Crippen molar-refractivity contribution in [3.8, 4) is 0 Å². The van der Waals surface area contributed by atoms with Crippen LogP contribution in [0.25, 0.3) is 0 Å². The van der Waals surface area contributed by atoms with E-state index in [1.54, 1.807) is 0 Å². The molecule has 0 nitrogen and oxygen atoms in total. The van der Waals surface area contributed by atoms with Gasteiger partial charge < -0.3 is 0 Å². The van der Waals surface area contributed by atoms with Crippen molar-refractivity contribution in [2.45, 2.75) is 60.8 Å². The average molecular weight is 184 g/mol. The van der Waals surface area contributed by atoms with Crippen LogP contribution in [-0.4, -0.2) is 0 Å². The monoisotopic (exact) mass is 184 g/mol. The maximum absolute atomic E-state index is 2.30. The Morgan fingerprint density at radius 2 is 1.08 bits per heavy atom. The molecule has 0 spiro atoms. The molecule has 0 aromatic rings. The first-order valence-corrected chi connectivity index (χ1v) is 5.93. The summed E-state index contributed by atoms with van der Waals surface area (Å²) in [6, 6.07) is 0. The SMILES string of the molecule is CC(C)CCC(C)C.CC1CC1C. The lowest BCUT2D eigenvalue weighted by atomic mass is 10.0. The van der Waals surface area contributed by atoms with Gasteiger partial charge in [-0.15, -0.1) is 0 Å². The molecule has 1 saturated carbocycles. The van der Waals surface area contributed by atoms with Crippen LogP contribution >= 0.6 is 0 Å². The highest BCUT2D eigenvalue weighted by Crippen LogP contribution is 2.36. The van der Waals surface area contributed by atoms with Gasteiger partial charge in [-0.05, 0) is 30.1 Å². The van der Waals surface area contributed by atoms with Gasteiger partial charge in [-0.1, -0.05) is 54.4 Å². The summed E-state index contributed by atoms with van der Waals surface area (Å²) in [7, 11) is 0. The highest BCUT2D eigenvalue weighted by molar-refractivity contribution is 4.76. The minimum atomic E-state index is 0.886. The number of hydrogen-bond acceptors (Lipinski definition) is 0. The van der Waals surface area contributed by atoms with Gasteiger partial charge in [-0.3, -0.25) is 0 Å². The molecule has 0 radical (unpaired) electrons. The Morgan fingerprint density at radius 3 is 1.15 bits per heavy atom. The van der Waals surface area contributed by atoms with Crippen LogP contribution in [-0.2, 0) is 0 Å². The van der Waals surface area contributed by atoms with Crippen LogP contribution in [0.3, 0.4) is 0 Å². The molecule has 0 amide bonds.